The molecular formula is C13H19N3O2. The first-order chi connectivity index (χ1) is 8.66. The van der Waals surface area contributed by atoms with Crippen LogP contribution in [0.3, 0.4) is 0 Å². The Morgan fingerprint density at radius 1 is 1.33 bits per heavy atom. The van der Waals surface area contributed by atoms with Crippen LogP contribution in [0.15, 0.2) is 18.2 Å². The zero-order valence-corrected chi connectivity index (χ0v) is 10.4. The van der Waals surface area contributed by atoms with Crippen LogP contribution in [-0.2, 0) is 0 Å². The number of nitro groups is 1. The average molecular weight is 249 g/mol. The highest BCUT2D eigenvalue weighted by Crippen LogP contribution is 2.27. The molecule has 98 valence electrons. The molecule has 0 aliphatic heterocycles. The second kappa shape index (κ2) is 5.71. The van der Waals surface area contributed by atoms with Gasteiger partial charge in [0.05, 0.1) is 4.92 Å². The summed E-state index contributed by atoms with van der Waals surface area (Å²) >= 11 is 0. The molecule has 1 saturated carbocycles. The minimum absolute atomic E-state index is 0.0294. The topological polar surface area (TPSA) is 81.2 Å². The van der Waals surface area contributed by atoms with Crippen molar-refractivity contribution >= 4 is 17.1 Å². The van der Waals surface area contributed by atoms with E-state index in [4.69, 9.17) is 5.73 Å². The Bertz CT molecular complexity index is 428. The zero-order chi connectivity index (χ0) is 13.0. The van der Waals surface area contributed by atoms with Crippen molar-refractivity contribution in [1.29, 1.82) is 0 Å². The van der Waals surface area contributed by atoms with Gasteiger partial charge in [-0.3, -0.25) is 10.1 Å². The molecule has 1 aliphatic rings. The summed E-state index contributed by atoms with van der Waals surface area (Å²) in [7, 11) is 0. The molecule has 1 aliphatic carbocycles. The summed E-state index contributed by atoms with van der Waals surface area (Å²) in [6.07, 6.45) is 6.52. The van der Waals surface area contributed by atoms with Gasteiger partial charge in [-0.05, 0) is 30.9 Å². The molecule has 0 spiro atoms. The van der Waals surface area contributed by atoms with E-state index in [0.717, 1.165) is 18.2 Å². The number of hydrogen-bond donors (Lipinski definition) is 2. The van der Waals surface area contributed by atoms with Gasteiger partial charge >= 0.3 is 0 Å². The van der Waals surface area contributed by atoms with Gasteiger partial charge in [0.25, 0.3) is 5.69 Å². The third kappa shape index (κ3) is 3.12. The molecule has 5 nitrogen and oxygen atoms in total. The number of rotatable bonds is 4. The van der Waals surface area contributed by atoms with Crippen molar-refractivity contribution in [2.45, 2.75) is 32.1 Å². The Labute approximate surface area is 107 Å². The SMILES string of the molecule is Nc1cc(NCC2CCCCC2)ccc1[N+](=O)[O-]. The van der Waals surface area contributed by atoms with Crippen LogP contribution in [0, 0.1) is 16.0 Å². The van der Waals surface area contributed by atoms with Crippen LogP contribution in [0.2, 0.25) is 0 Å². The Kier molecular flexibility index (Phi) is 4.02. The lowest BCUT2D eigenvalue weighted by molar-refractivity contribution is -0.383. The number of anilines is 2. The van der Waals surface area contributed by atoms with Gasteiger partial charge in [-0.15, -0.1) is 0 Å². The molecule has 0 heterocycles. The predicted molar refractivity (Wildman–Crippen MR) is 72.6 cm³/mol. The third-order valence-electron chi connectivity index (χ3n) is 3.54. The Hall–Kier alpha value is -1.78. The molecular weight excluding hydrogens is 230 g/mol. The van der Waals surface area contributed by atoms with E-state index < -0.39 is 4.92 Å². The molecule has 0 aromatic heterocycles. The zero-order valence-electron chi connectivity index (χ0n) is 10.4. The van der Waals surface area contributed by atoms with E-state index in [0.29, 0.717) is 0 Å². The van der Waals surface area contributed by atoms with Crippen molar-refractivity contribution in [2.75, 3.05) is 17.6 Å². The first-order valence-corrected chi connectivity index (χ1v) is 6.44. The number of nitro benzene ring substituents is 1. The highest BCUT2D eigenvalue weighted by Gasteiger charge is 2.14. The molecule has 0 unspecified atom stereocenters. The molecule has 1 aromatic carbocycles. The standard InChI is InChI=1S/C13H19N3O2/c14-12-8-11(6-7-13(12)16(17)18)15-9-10-4-2-1-3-5-10/h6-8,10,15H,1-5,9,14H2. The van der Waals surface area contributed by atoms with Crippen molar-refractivity contribution in [3.8, 4) is 0 Å². The second-order valence-corrected chi connectivity index (χ2v) is 4.92. The molecule has 3 N–H and O–H groups in total. The summed E-state index contributed by atoms with van der Waals surface area (Å²) in [6.45, 7) is 0.928. The van der Waals surface area contributed by atoms with Crippen molar-refractivity contribution in [3.63, 3.8) is 0 Å². The van der Waals surface area contributed by atoms with E-state index in [9.17, 15) is 10.1 Å². The van der Waals surface area contributed by atoms with Crippen LogP contribution < -0.4 is 11.1 Å². The summed E-state index contributed by atoms with van der Waals surface area (Å²) < 4.78 is 0. The Morgan fingerprint density at radius 3 is 2.67 bits per heavy atom. The van der Waals surface area contributed by atoms with Crippen molar-refractivity contribution in [2.24, 2.45) is 5.92 Å². The molecule has 2 rings (SSSR count). The summed E-state index contributed by atoms with van der Waals surface area (Å²) in [5, 5.41) is 14.0. The summed E-state index contributed by atoms with van der Waals surface area (Å²) in [5.74, 6) is 0.718. The number of nitrogens with one attached hydrogen (secondary N) is 1. The fraction of sp³-hybridized carbons (Fsp3) is 0.538. The predicted octanol–water partition coefficient (Wildman–Crippen LogP) is 3.17. The molecule has 1 fully saturated rings. The second-order valence-electron chi connectivity index (χ2n) is 4.92. The number of benzene rings is 1. The van der Waals surface area contributed by atoms with Gasteiger partial charge in [0, 0.05) is 18.3 Å². The lowest BCUT2D eigenvalue weighted by Gasteiger charge is -2.22. The molecule has 0 amide bonds. The molecule has 1 aromatic rings. The largest absolute Gasteiger partial charge is 0.393 e. The van der Waals surface area contributed by atoms with Crippen molar-refractivity contribution < 1.29 is 4.92 Å². The van der Waals surface area contributed by atoms with Crippen LogP contribution in [0.4, 0.5) is 17.1 Å². The van der Waals surface area contributed by atoms with Crippen LogP contribution >= 0.6 is 0 Å². The first kappa shape index (κ1) is 12.7. The number of nitrogen functional groups attached to an aromatic ring is 1. The van der Waals surface area contributed by atoms with Gasteiger partial charge in [0.1, 0.15) is 5.69 Å². The van der Waals surface area contributed by atoms with Gasteiger partial charge in [0.2, 0.25) is 0 Å². The highest BCUT2D eigenvalue weighted by atomic mass is 16.6. The van der Waals surface area contributed by atoms with Gasteiger partial charge < -0.3 is 11.1 Å². The first-order valence-electron chi connectivity index (χ1n) is 6.44. The van der Waals surface area contributed by atoms with Gasteiger partial charge in [-0.25, -0.2) is 0 Å². The monoisotopic (exact) mass is 249 g/mol. The average Bonchev–Trinajstić information content (AvgIpc) is 2.37. The van der Waals surface area contributed by atoms with E-state index in [1.165, 1.54) is 38.2 Å². The van der Waals surface area contributed by atoms with Gasteiger partial charge in [-0.1, -0.05) is 19.3 Å². The minimum Gasteiger partial charge on any atom is -0.393 e. The molecule has 5 heteroatoms. The molecule has 0 atom stereocenters. The van der Waals surface area contributed by atoms with E-state index in [-0.39, 0.29) is 11.4 Å². The maximum absolute atomic E-state index is 10.6. The van der Waals surface area contributed by atoms with E-state index in [2.05, 4.69) is 5.32 Å². The fourth-order valence-corrected chi connectivity index (χ4v) is 2.48. The number of nitrogens with two attached hydrogens (primary N) is 1. The maximum atomic E-state index is 10.6. The van der Waals surface area contributed by atoms with Gasteiger partial charge in [-0.2, -0.15) is 0 Å². The maximum Gasteiger partial charge on any atom is 0.292 e. The van der Waals surface area contributed by atoms with Crippen LogP contribution in [-0.4, -0.2) is 11.5 Å². The smallest absolute Gasteiger partial charge is 0.292 e. The van der Waals surface area contributed by atoms with Gasteiger partial charge in [0.15, 0.2) is 0 Å². The number of nitrogens with zero attached hydrogens (tertiary/aromatic N) is 1. The van der Waals surface area contributed by atoms with Crippen LogP contribution in [0.5, 0.6) is 0 Å². The normalized spacial score (nSPS) is 16.4. The molecule has 18 heavy (non-hydrogen) atoms. The Morgan fingerprint density at radius 2 is 2.06 bits per heavy atom. The van der Waals surface area contributed by atoms with Crippen molar-refractivity contribution in [3.05, 3.63) is 28.3 Å². The van der Waals surface area contributed by atoms with Crippen molar-refractivity contribution in [1.82, 2.24) is 0 Å². The van der Waals surface area contributed by atoms with Crippen LogP contribution in [0.1, 0.15) is 32.1 Å². The summed E-state index contributed by atoms with van der Waals surface area (Å²) in [4.78, 5) is 10.2. The minimum atomic E-state index is -0.458. The molecule has 0 bridgehead atoms. The third-order valence-corrected chi connectivity index (χ3v) is 3.54. The number of hydrogen-bond acceptors (Lipinski definition) is 4. The van der Waals surface area contributed by atoms with E-state index >= 15 is 0 Å². The molecule has 0 saturated heterocycles. The quantitative estimate of drug-likeness (QED) is 0.488. The Balaban J connectivity index is 1.93. The summed E-state index contributed by atoms with van der Waals surface area (Å²) in [5.41, 5.74) is 6.70. The van der Waals surface area contributed by atoms with Crippen LogP contribution in [0.25, 0.3) is 0 Å². The lowest BCUT2D eigenvalue weighted by Crippen LogP contribution is -2.17. The van der Waals surface area contributed by atoms with E-state index in [1.54, 1.807) is 12.1 Å². The molecule has 0 radical (unpaired) electrons. The van der Waals surface area contributed by atoms with E-state index in [1.807, 2.05) is 0 Å². The lowest BCUT2D eigenvalue weighted by atomic mass is 9.89. The summed E-state index contributed by atoms with van der Waals surface area (Å²) in [6, 6.07) is 4.82. The highest BCUT2D eigenvalue weighted by molar-refractivity contribution is 5.65. The fourth-order valence-electron chi connectivity index (χ4n) is 2.48.